The van der Waals surface area contributed by atoms with Gasteiger partial charge in [0.15, 0.2) is 5.78 Å². The summed E-state index contributed by atoms with van der Waals surface area (Å²) in [7, 11) is 0. The molecule has 0 spiro atoms. The molecule has 1 N–H and O–H groups in total. The standard InChI is InChI=1S/C17H21NO2/c1-11(19)15-4-2-3-5-16(15)18-17(20)10-14-9-12-6-7-13(14)8-12/h2-5,12-14H,6-10H2,1H3,(H,18,20)/t12-,13-,14-/m0/s1. The minimum Gasteiger partial charge on any atom is -0.325 e. The summed E-state index contributed by atoms with van der Waals surface area (Å²) in [4.78, 5) is 23.7. The van der Waals surface area contributed by atoms with E-state index in [0.29, 0.717) is 23.6 Å². The zero-order valence-electron chi connectivity index (χ0n) is 11.9. The van der Waals surface area contributed by atoms with Crippen LogP contribution in [-0.4, -0.2) is 11.7 Å². The third kappa shape index (κ3) is 2.62. The third-order valence-corrected chi connectivity index (χ3v) is 4.91. The Kier molecular flexibility index (Phi) is 3.60. The van der Waals surface area contributed by atoms with Crippen LogP contribution in [0.2, 0.25) is 0 Å². The van der Waals surface area contributed by atoms with E-state index in [1.165, 1.54) is 32.6 Å². The number of para-hydroxylation sites is 1. The second kappa shape index (κ2) is 5.39. The third-order valence-electron chi connectivity index (χ3n) is 4.91. The Morgan fingerprint density at radius 3 is 2.65 bits per heavy atom. The van der Waals surface area contributed by atoms with Gasteiger partial charge in [0.2, 0.25) is 5.91 Å². The second-order valence-corrected chi connectivity index (χ2v) is 6.29. The van der Waals surface area contributed by atoms with Gasteiger partial charge in [0.05, 0.1) is 5.69 Å². The monoisotopic (exact) mass is 271 g/mol. The number of benzene rings is 1. The van der Waals surface area contributed by atoms with E-state index in [1.807, 2.05) is 12.1 Å². The fourth-order valence-corrected chi connectivity index (χ4v) is 3.96. The lowest BCUT2D eigenvalue weighted by molar-refractivity contribution is -0.117. The van der Waals surface area contributed by atoms with Crippen molar-refractivity contribution in [1.29, 1.82) is 0 Å². The van der Waals surface area contributed by atoms with Gasteiger partial charge >= 0.3 is 0 Å². The van der Waals surface area contributed by atoms with E-state index in [9.17, 15) is 9.59 Å². The lowest BCUT2D eigenvalue weighted by Crippen LogP contribution is -2.21. The molecule has 2 bridgehead atoms. The average Bonchev–Trinajstić information content (AvgIpc) is 3.01. The van der Waals surface area contributed by atoms with E-state index in [4.69, 9.17) is 0 Å². The Labute approximate surface area is 119 Å². The minimum absolute atomic E-state index is 0.0131. The molecule has 2 fully saturated rings. The summed E-state index contributed by atoms with van der Waals surface area (Å²) in [6.45, 7) is 1.53. The first kappa shape index (κ1) is 13.3. The Bertz CT molecular complexity index is 538. The maximum atomic E-state index is 12.2. The zero-order chi connectivity index (χ0) is 14.1. The van der Waals surface area contributed by atoms with Crippen LogP contribution in [0.3, 0.4) is 0 Å². The van der Waals surface area contributed by atoms with Crippen LogP contribution in [0.4, 0.5) is 5.69 Å². The molecule has 2 aliphatic carbocycles. The molecule has 1 aromatic rings. The normalized spacial score (nSPS) is 27.6. The van der Waals surface area contributed by atoms with Crippen molar-refractivity contribution in [3.8, 4) is 0 Å². The fraction of sp³-hybridized carbons (Fsp3) is 0.529. The Hall–Kier alpha value is -1.64. The molecule has 20 heavy (non-hydrogen) atoms. The number of Topliss-reactive ketones (excluding diaryl/α,β-unsaturated/α-hetero) is 1. The van der Waals surface area contributed by atoms with Gasteiger partial charge in [0.25, 0.3) is 0 Å². The van der Waals surface area contributed by atoms with Crippen molar-refractivity contribution in [3.63, 3.8) is 0 Å². The van der Waals surface area contributed by atoms with Gasteiger partial charge in [-0.25, -0.2) is 0 Å². The van der Waals surface area contributed by atoms with Crippen molar-refractivity contribution in [3.05, 3.63) is 29.8 Å². The van der Waals surface area contributed by atoms with Gasteiger partial charge in [-0.3, -0.25) is 9.59 Å². The topological polar surface area (TPSA) is 46.2 Å². The summed E-state index contributed by atoms with van der Waals surface area (Å²) in [5, 5.41) is 2.92. The number of carbonyl (C=O) groups excluding carboxylic acids is 2. The molecule has 3 rings (SSSR count). The van der Waals surface area contributed by atoms with Gasteiger partial charge in [0.1, 0.15) is 0 Å². The number of fused-ring (bicyclic) bond motifs is 2. The van der Waals surface area contributed by atoms with Crippen LogP contribution in [-0.2, 0) is 4.79 Å². The molecule has 0 saturated heterocycles. The number of rotatable bonds is 4. The number of carbonyl (C=O) groups is 2. The van der Waals surface area contributed by atoms with Gasteiger partial charge < -0.3 is 5.32 Å². The molecule has 0 radical (unpaired) electrons. The minimum atomic E-state index is -0.0131. The maximum absolute atomic E-state index is 12.2. The van der Waals surface area contributed by atoms with Crippen LogP contribution in [0.5, 0.6) is 0 Å². The van der Waals surface area contributed by atoms with Crippen molar-refractivity contribution in [2.24, 2.45) is 17.8 Å². The maximum Gasteiger partial charge on any atom is 0.224 e. The predicted octanol–water partition coefficient (Wildman–Crippen LogP) is 3.65. The highest BCUT2D eigenvalue weighted by atomic mass is 16.1. The molecule has 2 saturated carbocycles. The average molecular weight is 271 g/mol. The lowest BCUT2D eigenvalue weighted by Gasteiger charge is -2.21. The Morgan fingerprint density at radius 2 is 2.00 bits per heavy atom. The first-order chi connectivity index (χ1) is 9.63. The molecular weight excluding hydrogens is 250 g/mol. The number of nitrogens with one attached hydrogen (secondary N) is 1. The number of amides is 1. The van der Waals surface area contributed by atoms with Crippen LogP contribution in [0.15, 0.2) is 24.3 Å². The lowest BCUT2D eigenvalue weighted by atomic mass is 9.86. The van der Waals surface area contributed by atoms with Crippen molar-refractivity contribution >= 4 is 17.4 Å². The molecular formula is C17H21NO2. The molecule has 3 atom stereocenters. The number of hydrogen-bond donors (Lipinski definition) is 1. The molecule has 0 unspecified atom stereocenters. The van der Waals surface area contributed by atoms with Gasteiger partial charge in [-0.15, -0.1) is 0 Å². The van der Waals surface area contributed by atoms with E-state index in [-0.39, 0.29) is 11.7 Å². The van der Waals surface area contributed by atoms with E-state index in [2.05, 4.69) is 5.32 Å². The summed E-state index contributed by atoms with van der Waals surface area (Å²) in [5.74, 6) is 2.21. The molecule has 1 aromatic carbocycles. The number of hydrogen-bond acceptors (Lipinski definition) is 2. The molecule has 1 amide bonds. The molecule has 2 aliphatic rings. The first-order valence-corrected chi connectivity index (χ1v) is 7.53. The molecule has 3 nitrogen and oxygen atoms in total. The molecule has 3 heteroatoms. The van der Waals surface area contributed by atoms with Crippen LogP contribution >= 0.6 is 0 Å². The zero-order valence-corrected chi connectivity index (χ0v) is 11.9. The van der Waals surface area contributed by atoms with E-state index < -0.39 is 0 Å². The van der Waals surface area contributed by atoms with E-state index >= 15 is 0 Å². The Morgan fingerprint density at radius 1 is 1.20 bits per heavy atom. The molecule has 0 heterocycles. The van der Waals surface area contributed by atoms with Gasteiger partial charge in [-0.2, -0.15) is 0 Å². The van der Waals surface area contributed by atoms with Gasteiger partial charge in [0, 0.05) is 12.0 Å². The highest BCUT2D eigenvalue weighted by Gasteiger charge is 2.40. The summed E-state index contributed by atoms with van der Waals surface area (Å²) >= 11 is 0. The van der Waals surface area contributed by atoms with Crippen molar-refractivity contribution in [2.45, 2.75) is 39.0 Å². The van der Waals surface area contributed by atoms with Crippen LogP contribution < -0.4 is 5.32 Å². The van der Waals surface area contributed by atoms with Crippen LogP contribution in [0.1, 0.15) is 49.4 Å². The Balaban J connectivity index is 1.63. The van der Waals surface area contributed by atoms with Crippen LogP contribution in [0, 0.1) is 17.8 Å². The van der Waals surface area contributed by atoms with Crippen molar-refractivity contribution in [1.82, 2.24) is 0 Å². The highest BCUT2D eigenvalue weighted by molar-refractivity contribution is 6.03. The van der Waals surface area contributed by atoms with Crippen LogP contribution in [0.25, 0.3) is 0 Å². The SMILES string of the molecule is CC(=O)c1ccccc1NC(=O)C[C@@H]1C[C@H]2CC[C@H]1C2. The molecule has 0 aromatic heterocycles. The summed E-state index contributed by atoms with van der Waals surface area (Å²) < 4.78 is 0. The summed E-state index contributed by atoms with van der Waals surface area (Å²) in [6, 6.07) is 7.23. The molecule has 106 valence electrons. The van der Waals surface area contributed by atoms with Crippen molar-refractivity contribution in [2.75, 3.05) is 5.32 Å². The van der Waals surface area contributed by atoms with E-state index in [1.54, 1.807) is 12.1 Å². The number of ketones is 1. The fourth-order valence-electron chi connectivity index (χ4n) is 3.96. The highest BCUT2D eigenvalue weighted by Crippen LogP contribution is 2.49. The van der Waals surface area contributed by atoms with Gasteiger partial charge in [-0.1, -0.05) is 18.6 Å². The summed E-state index contributed by atoms with van der Waals surface area (Å²) in [6.07, 6.45) is 5.80. The largest absolute Gasteiger partial charge is 0.325 e. The van der Waals surface area contributed by atoms with Gasteiger partial charge in [-0.05, 0) is 56.1 Å². The van der Waals surface area contributed by atoms with Crippen molar-refractivity contribution < 1.29 is 9.59 Å². The molecule has 0 aliphatic heterocycles. The predicted molar refractivity (Wildman–Crippen MR) is 78.6 cm³/mol. The van der Waals surface area contributed by atoms with E-state index in [0.717, 1.165) is 11.8 Å². The smallest absolute Gasteiger partial charge is 0.224 e. The number of anilines is 1. The first-order valence-electron chi connectivity index (χ1n) is 7.53. The summed E-state index contributed by atoms with van der Waals surface area (Å²) in [5.41, 5.74) is 1.24. The quantitative estimate of drug-likeness (QED) is 0.850. The second-order valence-electron chi connectivity index (χ2n) is 6.29.